The van der Waals surface area contributed by atoms with Crippen molar-refractivity contribution in [3.63, 3.8) is 0 Å². The maximum Gasteiger partial charge on any atom is 0.240 e. The summed E-state index contributed by atoms with van der Waals surface area (Å²) in [5, 5.41) is 3.61. The fourth-order valence-corrected chi connectivity index (χ4v) is 2.98. The molecule has 0 bridgehead atoms. The lowest BCUT2D eigenvalue weighted by molar-refractivity contribution is 0.559. The van der Waals surface area contributed by atoms with E-state index in [2.05, 4.69) is 26.0 Å². The molecule has 0 aliphatic heterocycles. The van der Waals surface area contributed by atoms with Crippen molar-refractivity contribution in [2.75, 3.05) is 13.1 Å². The van der Waals surface area contributed by atoms with Crippen molar-refractivity contribution < 1.29 is 8.42 Å². The third-order valence-electron chi connectivity index (χ3n) is 2.17. The van der Waals surface area contributed by atoms with Gasteiger partial charge in [-0.05, 0) is 34.1 Å². The number of sulfonamides is 1. The summed E-state index contributed by atoms with van der Waals surface area (Å²) >= 11 is 9.02. The summed E-state index contributed by atoms with van der Waals surface area (Å²) in [6.07, 6.45) is 0. The van der Waals surface area contributed by atoms with Crippen LogP contribution in [0, 0.1) is 0 Å². The van der Waals surface area contributed by atoms with Crippen LogP contribution in [0.3, 0.4) is 0 Å². The Morgan fingerprint density at radius 1 is 1.33 bits per heavy atom. The Bertz CT molecular complexity index is 506. The first kappa shape index (κ1) is 15.9. The van der Waals surface area contributed by atoms with Crippen molar-refractivity contribution >= 4 is 37.6 Å². The molecule has 0 amide bonds. The van der Waals surface area contributed by atoms with E-state index in [0.717, 1.165) is 0 Å². The minimum absolute atomic E-state index is 0.198. The summed E-state index contributed by atoms with van der Waals surface area (Å²) in [4.78, 5) is 0.198. The van der Waals surface area contributed by atoms with E-state index in [9.17, 15) is 8.42 Å². The number of halogens is 2. The van der Waals surface area contributed by atoms with Crippen molar-refractivity contribution in [2.24, 2.45) is 0 Å². The molecule has 18 heavy (non-hydrogen) atoms. The number of hydrogen-bond acceptors (Lipinski definition) is 3. The predicted molar refractivity (Wildman–Crippen MR) is 77.5 cm³/mol. The third-order valence-corrected chi connectivity index (χ3v) is 4.84. The molecule has 0 aliphatic rings. The maximum absolute atomic E-state index is 11.9. The molecule has 2 N–H and O–H groups in total. The van der Waals surface area contributed by atoms with E-state index in [4.69, 9.17) is 11.6 Å². The van der Waals surface area contributed by atoms with Crippen LogP contribution in [0.15, 0.2) is 27.6 Å². The van der Waals surface area contributed by atoms with E-state index in [1.807, 2.05) is 13.8 Å². The van der Waals surface area contributed by atoms with Crippen LogP contribution in [0.4, 0.5) is 0 Å². The minimum Gasteiger partial charge on any atom is -0.313 e. The van der Waals surface area contributed by atoms with Crippen LogP contribution >= 0.6 is 27.5 Å². The summed E-state index contributed by atoms with van der Waals surface area (Å²) in [5.41, 5.74) is 0. The SMILES string of the molecule is CC(C)NCCNS(=O)(=O)c1ccc(Cl)c(Br)c1. The van der Waals surface area contributed by atoms with Crippen molar-refractivity contribution in [1.29, 1.82) is 0 Å². The third kappa shape index (κ3) is 4.85. The first-order chi connectivity index (χ1) is 8.33. The van der Waals surface area contributed by atoms with E-state index in [-0.39, 0.29) is 4.90 Å². The van der Waals surface area contributed by atoms with Gasteiger partial charge in [0.25, 0.3) is 0 Å². The fraction of sp³-hybridized carbons (Fsp3) is 0.455. The minimum atomic E-state index is -3.48. The molecular weight excluding hydrogens is 340 g/mol. The monoisotopic (exact) mass is 354 g/mol. The van der Waals surface area contributed by atoms with E-state index in [0.29, 0.717) is 28.6 Å². The zero-order valence-corrected chi connectivity index (χ0v) is 13.4. The van der Waals surface area contributed by atoms with Gasteiger partial charge in [0.1, 0.15) is 0 Å². The highest BCUT2D eigenvalue weighted by molar-refractivity contribution is 9.10. The largest absolute Gasteiger partial charge is 0.313 e. The molecule has 102 valence electrons. The van der Waals surface area contributed by atoms with Crippen molar-refractivity contribution in [1.82, 2.24) is 10.0 Å². The highest BCUT2D eigenvalue weighted by atomic mass is 79.9. The van der Waals surface area contributed by atoms with E-state index >= 15 is 0 Å². The van der Waals surface area contributed by atoms with Gasteiger partial charge in [0.15, 0.2) is 0 Å². The Morgan fingerprint density at radius 3 is 2.56 bits per heavy atom. The Balaban J connectivity index is 2.66. The molecule has 7 heteroatoms. The Kier molecular flexibility index (Phi) is 6.07. The Morgan fingerprint density at radius 2 is 2.00 bits per heavy atom. The highest BCUT2D eigenvalue weighted by Crippen LogP contribution is 2.25. The second kappa shape index (κ2) is 6.86. The molecule has 1 rings (SSSR count). The van der Waals surface area contributed by atoms with E-state index in [1.54, 1.807) is 6.07 Å². The van der Waals surface area contributed by atoms with Crippen LogP contribution in [-0.2, 0) is 10.0 Å². The quantitative estimate of drug-likeness (QED) is 0.770. The van der Waals surface area contributed by atoms with Crippen LogP contribution in [0.25, 0.3) is 0 Å². The van der Waals surface area contributed by atoms with Gasteiger partial charge in [-0.15, -0.1) is 0 Å². The fourth-order valence-electron chi connectivity index (χ4n) is 1.27. The van der Waals surface area contributed by atoms with Crippen LogP contribution in [0.5, 0.6) is 0 Å². The topological polar surface area (TPSA) is 58.2 Å². The lowest BCUT2D eigenvalue weighted by Crippen LogP contribution is -2.34. The molecule has 0 aromatic heterocycles. The molecule has 0 spiro atoms. The molecule has 4 nitrogen and oxygen atoms in total. The zero-order valence-electron chi connectivity index (χ0n) is 10.2. The number of rotatable bonds is 6. The summed E-state index contributed by atoms with van der Waals surface area (Å²) in [6, 6.07) is 4.84. The molecule has 0 unspecified atom stereocenters. The normalized spacial score (nSPS) is 12.1. The zero-order chi connectivity index (χ0) is 13.8. The van der Waals surface area contributed by atoms with E-state index < -0.39 is 10.0 Å². The Hall–Kier alpha value is -0.140. The molecule has 0 aliphatic carbocycles. The number of hydrogen-bond donors (Lipinski definition) is 2. The molecule has 0 saturated carbocycles. The van der Waals surface area contributed by atoms with Gasteiger partial charge >= 0.3 is 0 Å². The second-order valence-corrected chi connectivity index (χ2v) is 7.11. The first-order valence-electron chi connectivity index (χ1n) is 5.51. The molecule has 0 heterocycles. The Labute approximate surface area is 121 Å². The summed E-state index contributed by atoms with van der Waals surface area (Å²) in [6.45, 7) is 4.95. The van der Waals surface area contributed by atoms with Gasteiger partial charge in [0, 0.05) is 23.6 Å². The van der Waals surface area contributed by atoms with Crippen LogP contribution in [-0.4, -0.2) is 27.5 Å². The van der Waals surface area contributed by atoms with Crippen molar-refractivity contribution in [3.8, 4) is 0 Å². The van der Waals surface area contributed by atoms with Gasteiger partial charge in [-0.1, -0.05) is 25.4 Å². The van der Waals surface area contributed by atoms with Gasteiger partial charge in [0.05, 0.1) is 9.92 Å². The summed E-state index contributed by atoms with van der Waals surface area (Å²) in [7, 11) is -3.48. The van der Waals surface area contributed by atoms with Crippen LogP contribution in [0.1, 0.15) is 13.8 Å². The van der Waals surface area contributed by atoms with Gasteiger partial charge < -0.3 is 5.32 Å². The number of nitrogens with one attached hydrogen (secondary N) is 2. The first-order valence-corrected chi connectivity index (χ1v) is 8.16. The number of benzene rings is 1. The molecular formula is C11H16BrClN2O2S. The van der Waals surface area contributed by atoms with Gasteiger partial charge in [-0.3, -0.25) is 0 Å². The molecule has 0 atom stereocenters. The molecule has 1 aromatic rings. The van der Waals surface area contributed by atoms with Crippen molar-refractivity contribution in [2.45, 2.75) is 24.8 Å². The van der Waals surface area contributed by atoms with Crippen LogP contribution < -0.4 is 10.0 Å². The van der Waals surface area contributed by atoms with Gasteiger partial charge in [-0.25, -0.2) is 13.1 Å². The average molecular weight is 356 g/mol. The molecule has 0 fully saturated rings. The van der Waals surface area contributed by atoms with Gasteiger partial charge in [0.2, 0.25) is 10.0 Å². The molecule has 0 saturated heterocycles. The second-order valence-electron chi connectivity index (χ2n) is 4.08. The summed E-state index contributed by atoms with van der Waals surface area (Å²) < 4.78 is 27.0. The van der Waals surface area contributed by atoms with E-state index in [1.165, 1.54) is 12.1 Å². The predicted octanol–water partition coefficient (Wildman–Crippen LogP) is 2.38. The summed E-state index contributed by atoms with van der Waals surface area (Å²) in [5.74, 6) is 0. The van der Waals surface area contributed by atoms with Crippen LogP contribution in [0.2, 0.25) is 5.02 Å². The van der Waals surface area contributed by atoms with Gasteiger partial charge in [-0.2, -0.15) is 0 Å². The smallest absolute Gasteiger partial charge is 0.240 e. The van der Waals surface area contributed by atoms with Crippen molar-refractivity contribution in [3.05, 3.63) is 27.7 Å². The lowest BCUT2D eigenvalue weighted by Gasteiger charge is -2.10. The highest BCUT2D eigenvalue weighted by Gasteiger charge is 2.14. The average Bonchev–Trinajstić information content (AvgIpc) is 2.28. The lowest BCUT2D eigenvalue weighted by atomic mass is 10.4. The standard InChI is InChI=1S/C11H16BrClN2O2S/c1-8(2)14-5-6-15-18(16,17)9-3-4-11(13)10(12)7-9/h3-4,7-8,14-15H,5-6H2,1-2H3. The maximum atomic E-state index is 11.9. The molecule has 1 aromatic carbocycles. The molecule has 0 radical (unpaired) electrons.